The number of hydrogen-bond acceptors (Lipinski definition) is 6. The minimum absolute atomic E-state index is 0.0186. The Hall–Kier alpha value is -1.89. The molecule has 1 saturated carbocycles. The summed E-state index contributed by atoms with van der Waals surface area (Å²) in [5, 5.41) is 11.1. The Balaban J connectivity index is 2.27. The Morgan fingerprint density at radius 1 is 1.40 bits per heavy atom. The van der Waals surface area contributed by atoms with Gasteiger partial charge in [-0.25, -0.2) is 10.8 Å². The Morgan fingerprint density at radius 3 is 2.60 bits per heavy atom. The zero-order valence-electron chi connectivity index (χ0n) is 11.9. The van der Waals surface area contributed by atoms with Crippen LogP contribution in [0.15, 0.2) is 12.1 Å². The fourth-order valence-corrected chi connectivity index (χ4v) is 2.73. The highest BCUT2D eigenvalue weighted by atomic mass is 16.6. The van der Waals surface area contributed by atoms with E-state index in [1.807, 2.05) is 11.9 Å². The number of hydrazine groups is 1. The summed E-state index contributed by atoms with van der Waals surface area (Å²) >= 11 is 0. The lowest BCUT2D eigenvalue weighted by Crippen LogP contribution is -2.35. The smallest absolute Gasteiger partial charge is 0.311 e. The second-order valence-corrected chi connectivity index (χ2v) is 5.47. The zero-order chi connectivity index (χ0) is 14.7. The lowest BCUT2D eigenvalue weighted by atomic mass is 9.87. The molecule has 110 valence electrons. The third kappa shape index (κ3) is 2.98. The monoisotopic (exact) mass is 279 g/mol. The molecule has 1 aromatic heterocycles. The lowest BCUT2D eigenvalue weighted by molar-refractivity contribution is -0.384. The first-order valence-electron chi connectivity index (χ1n) is 6.87. The van der Waals surface area contributed by atoms with Crippen LogP contribution in [-0.2, 0) is 0 Å². The third-order valence-corrected chi connectivity index (χ3v) is 4.07. The van der Waals surface area contributed by atoms with Crippen molar-refractivity contribution in [1.82, 2.24) is 4.98 Å². The van der Waals surface area contributed by atoms with Crippen LogP contribution in [0.25, 0.3) is 0 Å². The van der Waals surface area contributed by atoms with Gasteiger partial charge in [0.2, 0.25) is 5.82 Å². The summed E-state index contributed by atoms with van der Waals surface area (Å²) < 4.78 is 0. The van der Waals surface area contributed by atoms with Gasteiger partial charge in [0.1, 0.15) is 5.82 Å². The van der Waals surface area contributed by atoms with Gasteiger partial charge in [-0.05, 0) is 37.7 Å². The molecule has 1 heterocycles. The van der Waals surface area contributed by atoms with E-state index in [0.717, 1.165) is 31.6 Å². The average Bonchev–Trinajstić information content (AvgIpc) is 2.46. The Bertz CT molecular complexity index is 486. The number of pyridine rings is 1. The normalized spacial score (nSPS) is 22.4. The molecular formula is C13H21N5O2. The summed E-state index contributed by atoms with van der Waals surface area (Å²) in [6.45, 7) is 2.25. The number of aromatic nitrogens is 1. The molecular weight excluding hydrogens is 258 g/mol. The summed E-state index contributed by atoms with van der Waals surface area (Å²) in [4.78, 5) is 16.9. The molecule has 0 amide bonds. The molecule has 0 bridgehead atoms. The van der Waals surface area contributed by atoms with E-state index in [9.17, 15) is 10.1 Å². The average molecular weight is 279 g/mol. The minimum Gasteiger partial charge on any atom is -0.351 e. The van der Waals surface area contributed by atoms with Crippen molar-refractivity contribution >= 4 is 17.3 Å². The number of nitrogens with zero attached hydrogens (tertiary/aromatic N) is 3. The zero-order valence-corrected chi connectivity index (χ0v) is 11.9. The van der Waals surface area contributed by atoms with E-state index in [1.54, 1.807) is 0 Å². The van der Waals surface area contributed by atoms with Crippen molar-refractivity contribution < 1.29 is 4.92 Å². The van der Waals surface area contributed by atoms with Crippen LogP contribution in [0.2, 0.25) is 0 Å². The van der Waals surface area contributed by atoms with E-state index < -0.39 is 4.92 Å². The number of anilines is 2. The molecule has 0 radical (unpaired) electrons. The van der Waals surface area contributed by atoms with Gasteiger partial charge in [0.05, 0.1) is 4.92 Å². The van der Waals surface area contributed by atoms with Gasteiger partial charge in [0, 0.05) is 19.2 Å². The highest BCUT2D eigenvalue weighted by molar-refractivity contribution is 5.61. The highest BCUT2D eigenvalue weighted by Gasteiger charge is 2.27. The molecule has 7 heteroatoms. The summed E-state index contributed by atoms with van der Waals surface area (Å²) in [5.41, 5.74) is 2.46. The first-order chi connectivity index (χ1) is 9.52. The van der Waals surface area contributed by atoms with Crippen molar-refractivity contribution in [3.63, 3.8) is 0 Å². The quantitative estimate of drug-likeness (QED) is 0.498. The molecule has 2 rings (SSSR count). The molecule has 0 spiro atoms. The predicted molar refractivity (Wildman–Crippen MR) is 78.5 cm³/mol. The van der Waals surface area contributed by atoms with Crippen LogP contribution < -0.4 is 16.2 Å². The van der Waals surface area contributed by atoms with E-state index >= 15 is 0 Å². The second kappa shape index (κ2) is 6.04. The fourth-order valence-electron chi connectivity index (χ4n) is 2.73. The van der Waals surface area contributed by atoms with E-state index in [2.05, 4.69) is 17.3 Å². The summed E-state index contributed by atoms with van der Waals surface area (Å²) in [6, 6.07) is 3.25. The molecule has 0 saturated heterocycles. The lowest BCUT2D eigenvalue weighted by Gasteiger charge is -2.34. The van der Waals surface area contributed by atoms with Crippen LogP contribution in [0.5, 0.6) is 0 Å². The second-order valence-electron chi connectivity index (χ2n) is 5.47. The molecule has 0 aromatic carbocycles. The molecule has 0 atom stereocenters. The standard InChI is InChI=1S/C13H21N5O2/c1-9-3-5-10(6-4-9)17(2)13-11(18(19)20)7-8-12(15-13)16-14/h7-10H,3-6,14H2,1-2H3,(H,15,16). The maximum atomic E-state index is 11.1. The first kappa shape index (κ1) is 14.5. The van der Waals surface area contributed by atoms with Crippen LogP contribution in [0.3, 0.4) is 0 Å². The minimum atomic E-state index is -0.398. The van der Waals surface area contributed by atoms with Crippen molar-refractivity contribution in [2.75, 3.05) is 17.4 Å². The van der Waals surface area contributed by atoms with Gasteiger partial charge in [-0.3, -0.25) is 10.1 Å². The van der Waals surface area contributed by atoms with Crippen LogP contribution in [-0.4, -0.2) is 23.0 Å². The molecule has 7 nitrogen and oxygen atoms in total. The van der Waals surface area contributed by atoms with E-state index in [0.29, 0.717) is 17.7 Å². The Kier molecular flexibility index (Phi) is 4.39. The van der Waals surface area contributed by atoms with E-state index in [-0.39, 0.29) is 5.69 Å². The summed E-state index contributed by atoms with van der Waals surface area (Å²) in [6.07, 6.45) is 4.38. The van der Waals surface area contributed by atoms with Crippen molar-refractivity contribution in [3.05, 3.63) is 22.2 Å². The van der Waals surface area contributed by atoms with Gasteiger partial charge in [0.25, 0.3) is 0 Å². The number of nitrogen functional groups attached to an aromatic ring is 1. The fraction of sp³-hybridized carbons (Fsp3) is 0.615. The van der Waals surface area contributed by atoms with Crippen LogP contribution in [0.1, 0.15) is 32.6 Å². The number of nitrogens with one attached hydrogen (secondary N) is 1. The number of hydrogen-bond donors (Lipinski definition) is 2. The third-order valence-electron chi connectivity index (χ3n) is 4.07. The first-order valence-corrected chi connectivity index (χ1v) is 6.87. The predicted octanol–water partition coefficient (Wildman–Crippen LogP) is 2.29. The van der Waals surface area contributed by atoms with Crippen molar-refractivity contribution in [2.24, 2.45) is 11.8 Å². The van der Waals surface area contributed by atoms with Gasteiger partial charge in [-0.1, -0.05) is 6.92 Å². The number of nitro groups is 1. The van der Waals surface area contributed by atoms with Crippen molar-refractivity contribution in [3.8, 4) is 0 Å². The number of rotatable bonds is 4. The number of nitrogens with two attached hydrogens (primary N) is 1. The molecule has 1 aromatic rings. The molecule has 3 N–H and O–H groups in total. The highest BCUT2D eigenvalue weighted by Crippen LogP contribution is 2.33. The van der Waals surface area contributed by atoms with Crippen LogP contribution in [0, 0.1) is 16.0 Å². The molecule has 0 unspecified atom stereocenters. The van der Waals surface area contributed by atoms with Crippen LogP contribution >= 0.6 is 0 Å². The largest absolute Gasteiger partial charge is 0.351 e. The Morgan fingerprint density at radius 2 is 2.05 bits per heavy atom. The Labute approximate surface area is 118 Å². The van der Waals surface area contributed by atoms with E-state index in [4.69, 9.17) is 5.84 Å². The van der Waals surface area contributed by atoms with Gasteiger partial charge >= 0.3 is 5.69 Å². The summed E-state index contributed by atoms with van der Waals surface area (Å²) in [7, 11) is 1.87. The summed E-state index contributed by atoms with van der Waals surface area (Å²) in [5.74, 6) is 6.89. The van der Waals surface area contributed by atoms with Crippen LogP contribution in [0.4, 0.5) is 17.3 Å². The van der Waals surface area contributed by atoms with E-state index in [1.165, 1.54) is 12.1 Å². The maximum Gasteiger partial charge on any atom is 0.311 e. The topological polar surface area (TPSA) is 97.3 Å². The van der Waals surface area contributed by atoms with Crippen molar-refractivity contribution in [2.45, 2.75) is 38.6 Å². The van der Waals surface area contributed by atoms with Gasteiger partial charge in [0.15, 0.2) is 0 Å². The molecule has 20 heavy (non-hydrogen) atoms. The van der Waals surface area contributed by atoms with Gasteiger partial charge in [-0.2, -0.15) is 0 Å². The molecule has 0 aliphatic heterocycles. The van der Waals surface area contributed by atoms with Gasteiger partial charge < -0.3 is 10.3 Å². The molecule has 1 fully saturated rings. The van der Waals surface area contributed by atoms with Crippen molar-refractivity contribution in [1.29, 1.82) is 0 Å². The SMILES string of the molecule is CC1CCC(N(C)c2nc(NN)ccc2[N+](=O)[O-])CC1. The maximum absolute atomic E-state index is 11.1. The van der Waals surface area contributed by atoms with Gasteiger partial charge in [-0.15, -0.1) is 0 Å². The molecule has 1 aliphatic carbocycles. The molecule has 1 aliphatic rings.